The summed E-state index contributed by atoms with van der Waals surface area (Å²) in [6.45, 7) is 7.39. The highest BCUT2D eigenvalue weighted by atomic mass is 16.2. The van der Waals surface area contributed by atoms with E-state index in [0.717, 1.165) is 5.57 Å². The highest BCUT2D eigenvalue weighted by molar-refractivity contribution is 5.90. The van der Waals surface area contributed by atoms with Gasteiger partial charge in [-0.15, -0.1) is 0 Å². The van der Waals surface area contributed by atoms with Gasteiger partial charge in [0, 0.05) is 5.92 Å². The standard InChI is InChI=1S/C14H24N2O2/c1-5-7-11(6-2)8-12(14(18)10(3)4)16-13(17)9-15/h5-7,10,12H,8-9,15H2,1-4H3,(H,16,17)/b7-5-,11-6+. The lowest BCUT2D eigenvalue weighted by Gasteiger charge is -2.19. The molecule has 0 aromatic heterocycles. The summed E-state index contributed by atoms with van der Waals surface area (Å²) in [4.78, 5) is 23.4. The van der Waals surface area contributed by atoms with Gasteiger partial charge in [0.2, 0.25) is 5.91 Å². The first-order chi connectivity index (χ1) is 8.46. The molecule has 1 amide bonds. The normalized spacial score (nSPS) is 14.0. The quantitative estimate of drug-likeness (QED) is 0.675. The maximum absolute atomic E-state index is 12.0. The third-order valence-corrected chi connectivity index (χ3v) is 2.62. The maximum Gasteiger partial charge on any atom is 0.234 e. The maximum atomic E-state index is 12.0. The summed E-state index contributed by atoms with van der Waals surface area (Å²) in [5.41, 5.74) is 6.29. The van der Waals surface area contributed by atoms with Crippen molar-refractivity contribution in [2.75, 3.05) is 6.54 Å². The third kappa shape index (κ3) is 5.77. The van der Waals surface area contributed by atoms with E-state index in [1.807, 2.05) is 45.9 Å². The highest BCUT2D eigenvalue weighted by Crippen LogP contribution is 2.12. The Hall–Kier alpha value is -1.42. The van der Waals surface area contributed by atoms with Gasteiger partial charge in [-0.2, -0.15) is 0 Å². The Labute approximate surface area is 109 Å². The molecule has 3 N–H and O–H groups in total. The molecule has 0 saturated carbocycles. The van der Waals surface area contributed by atoms with E-state index in [9.17, 15) is 9.59 Å². The van der Waals surface area contributed by atoms with Crippen LogP contribution >= 0.6 is 0 Å². The van der Waals surface area contributed by atoms with Gasteiger partial charge in [-0.25, -0.2) is 0 Å². The topological polar surface area (TPSA) is 72.2 Å². The molecule has 0 saturated heterocycles. The van der Waals surface area contributed by atoms with Gasteiger partial charge in [0.1, 0.15) is 0 Å². The number of amides is 1. The fourth-order valence-electron chi connectivity index (χ4n) is 1.61. The van der Waals surface area contributed by atoms with E-state index in [1.54, 1.807) is 0 Å². The molecule has 0 rings (SSSR count). The van der Waals surface area contributed by atoms with Crippen LogP contribution in [0, 0.1) is 5.92 Å². The second kappa shape index (κ2) is 8.64. The number of nitrogens with two attached hydrogens (primary N) is 1. The number of Topliss-reactive ketones (excluding diaryl/α,β-unsaturated/α-hetero) is 1. The molecule has 0 aliphatic heterocycles. The molecular weight excluding hydrogens is 228 g/mol. The van der Waals surface area contributed by atoms with Crippen molar-refractivity contribution in [1.82, 2.24) is 5.32 Å². The van der Waals surface area contributed by atoms with E-state index < -0.39 is 6.04 Å². The van der Waals surface area contributed by atoms with Crippen LogP contribution in [0.4, 0.5) is 0 Å². The minimum absolute atomic E-state index is 0.0284. The summed E-state index contributed by atoms with van der Waals surface area (Å²) in [5, 5.41) is 2.68. The molecule has 1 unspecified atom stereocenters. The van der Waals surface area contributed by atoms with Crippen molar-refractivity contribution in [1.29, 1.82) is 0 Å². The lowest BCUT2D eigenvalue weighted by Crippen LogP contribution is -2.45. The van der Waals surface area contributed by atoms with Gasteiger partial charge in [0.05, 0.1) is 12.6 Å². The van der Waals surface area contributed by atoms with E-state index in [0.29, 0.717) is 6.42 Å². The van der Waals surface area contributed by atoms with Crippen molar-refractivity contribution in [2.24, 2.45) is 11.7 Å². The highest BCUT2D eigenvalue weighted by Gasteiger charge is 2.23. The minimum Gasteiger partial charge on any atom is -0.345 e. The second-order valence-electron chi connectivity index (χ2n) is 4.45. The number of hydrogen-bond donors (Lipinski definition) is 2. The molecular formula is C14H24N2O2. The zero-order valence-corrected chi connectivity index (χ0v) is 11.7. The molecule has 1 atom stereocenters. The van der Waals surface area contributed by atoms with Crippen molar-refractivity contribution < 1.29 is 9.59 Å². The van der Waals surface area contributed by atoms with Crippen molar-refractivity contribution in [3.63, 3.8) is 0 Å². The summed E-state index contributed by atoms with van der Waals surface area (Å²) < 4.78 is 0. The second-order valence-corrected chi connectivity index (χ2v) is 4.45. The molecule has 4 heteroatoms. The van der Waals surface area contributed by atoms with Crippen molar-refractivity contribution in [3.8, 4) is 0 Å². The number of rotatable bonds is 7. The average Bonchev–Trinajstić information content (AvgIpc) is 2.35. The smallest absolute Gasteiger partial charge is 0.234 e. The van der Waals surface area contributed by atoms with Crippen LogP contribution in [0.2, 0.25) is 0 Å². The van der Waals surface area contributed by atoms with E-state index >= 15 is 0 Å². The number of ketones is 1. The Balaban J connectivity index is 4.87. The predicted octanol–water partition coefficient (Wildman–Crippen LogP) is 1.57. The van der Waals surface area contributed by atoms with Crippen LogP contribution in [-0.2, 0) is 9.59 Å². The van der Waals surface area contributed by atoms with Gasteiger partial charge < -0.3 is 11.1 Å². The SMILES string of the molecule is C/C=C\C(=C/C)CC(NC(=O)CN)C(=O)C(C)C. The summed E-state index contributed by atoms with van der Waals surface area (Å²) in [6.07, 6.45) is 6.30. The zero-order chi connectivity index (χ0) is 14.1. The lowest BCUT2D eigenvalue weighted by molar-refractivity contribution is -0.128. The number of hydrogen-bond acceptors (Lipinski definition) is 3. The summed E-state index contributed by atoms with van der Waals surface area (Å²) in [6, 6.07) is -0.497. The van der Waals surface area contributed by atoms with E-state index in [4.69, 9.17) is 5.73 Å². The molecule has 0 aromatic rings. The molecule has 0 radical (unpaired) electrons. The van der Waals surface area contributed by atoms with Crippen LogP contribution in [0.1, 0.15) is 34.1 Å². The van der Waals surface area contributed by atoms with Crippen molar-refractivity contribution >= 4 is 11.7 Å². The van der Waals surface area contributed by atoms with Crippen LogP contribution in [0.5, 0.6) is 0 Å². The molecule has 0 heterocycles. The Bertz CT molecular complexity index is 344. The molecule has 4 nitrogen and oxygen atoms in total. The Morgan fingerprint density at radius 3 is 2.28 bits per heavy atom. The van der Waals surface area contributed by atoms with Gasteiger partial charge in [0.25, 0.3) is 0 Å². The Kier molecular flexibility index (Phi) is 7.96. The predicted molar refractivity (Wildman–Crippen MR) is 74.0 cm³/mol. The largest absolute Gasteiger partial charge is 0.345 e. The molecule has 0 aromatic carbocycles. The molecule has 0 aliphatic rings. The summed E-state index contributed by atoms with van der Waals surface area (Å²) in [5.74, 6) is -0.387. The van der Waals surface area contributed by atoms with Crippen LogP contribution in [0.25, 0.3) is 0 Å². The fraction of sp³-hybridized carbons (Fsp3) is 0.571. The number of carbonyl (C=O) groups is 2. The summed E-state index contributed by atoms with van der Waals surface area (Å²) >= 11 is 0. The molecule has 102 valence electrons. The van der Waals surface area contributed by atoms with E-state index in [-0.39, 0.29) is 24.2 Å². The van der Waals surface area contributed by atoms with E-state index in [1.165, 1.54) is 0 Å². The van der Waals surface area contributed by atoms with Gasteiger partial charge in [-0.3, -0.25) is 9.59 Å². The van der Waals surface area contributed by atoms with Gasteiger partial charge in [-0.1, -0.05) is 37.6 Å². The minimum atomic E-state index is -0.497. The molecule has 0 spiro atoms. The zero-order valence-electron chi connectivity index (χ0n) is 11.7. The van der Waals surface area contributed by atoms with Gasteiger partial charge in [-0.05, 0) is 20.3 Å². The van der Waals surface area contributed by atoms with Crippen molar-refractivity contribution in [3.05, 3.63) is 23.8 Å². The molecule has 0 bridgehead atoms. The first-order valence-electron chi connectivity index (χ1n) is 6.27. The van der Waals surface area contributed by atoms with Crippen LogP contribution < -0.4 is 11.1 Å². The monoisotopic (exact) mass is 252 g/mol. The molecule has 18 heavy (non-hydrogen) atoms. The summed E-state index contributed by atoms with van der Waals surface area (Å²) in [7, 11) is 0. The fourth-order valence-corrected chi connectivity index (χ4v) is 1.61. The Morgan fingerprint density at radius 1 is 1.28 bits per heavy atom. The first kappa shape index (κ1) is 16.6. The van der Waals surface area contributed by atoms with Gasteiger partial charge >= 0.3 is 0 Å². The van der Waals surface area contributed by atoms with E-state index in [2.05, 4.69) is 5.32 Å². The molecule has 0 fully saturated rings. The lowest BCUT2D eigenvalue weighted by atomic mass is 9.95. The first-order valence-corrected chi connectivity index (χ1v) is 6.27. The number of nitrogens with one attached hydrogen (secondary N) is 1. The molecule has 0 aliphatic carbocycles. The Morgan fingerprint density at radius 2 is 1.89 bits per heavy atom. The number of carbonyl (C=O) groups excluding carboxylic acids is 2. The third-order valence-electron chi connectivity index (χ3n) is 2.62. The van der Waals surface area contributed by atoms with Gasteiger partial charge in [0.15, 0.2) is 5.78 Å². The van der Waals surface area contributed by atoms with Crippen LogP contribution in [0.3, 0.4) is 0 Å². The van der Waals surface area contributed by atoms with Crippen molar-refractivity contribution in [2.45, 2.75) is 40.2 Å². The average molecular weight is 252 g/mol. The van der Waals surface area contributed by atoms with Crippen LogP contribution in [-0.4, -0.2) is 24.3 Å². The number of allylic oxidation sites excluding steroid dienone is 3. The van der Waals surface area contributed by atoms with Crippen LogP contribution in [0.15, 0.2) is 23.8 Å².